The lowest BCUT2D eigenvalue weighted by Gasteiger charge is -2.14. The number of nitrogens with one attached hydrogen (secondary N) is 1. The number of hydrogen-bond donors (Lipinski definition) is 2. The Balaban J connectivity index is 2.68. The predicted octanol–water partition coefficient (Wildman–Crippen LogP) is 1.37. The summed E-state index contributed by atoms with van der Waals surface area (Å²) in [7, 11) is 0. The molecule has 1 amide bonds. The molecule has 0 spiro atoms. The summed E-state index contributed by atoms with van der Waals surface area (Å²) in [6.07, 6.45) is 3.21. The average Bonchev–Trinajstić information content (AvgIpc) is 2.71. The first-order chi connectivity index (χ1) is 8.54. The van der Waals surface area contributed by atoms with Crippen LogP contribution in [0.5, 0.6) is 0 Å². The molecule has 2 aromatic rings. The molecule has 2 heterocycles. The van der Waals surface area contributed by atoms with Crippen molar-refractivity contribution in [1.82, 2.24) is 14.8 Å². The molecule has 0 bridgehead atoms. The minimum atomic E-state index is -0.489. The Kier molecular flexibility index (Phi) is 3.18. The standard InChI is InChI=1S/C12H17N5O/c1-4-17-12-9(6-15-17)10(16-7(2)3)8(5-14-12)11(13)18/h5-7H,4H2,1-3H3,(H2,13,18)(H,14,16). The number of aromatic nitrogens is 3. The SMILES string of the molecule is CCn1ncc2c(NC(C)C)c(C(N)=O)cnc21. The van der Waals surface area contributed by atoms with Gasteiger partial charge >= 0.3 is 0 Å². The summed E-state index contributed by atoms with van der Waals surface area (Å²) in [5.74, 6) is -0.489. The Morgan fingerprint density at radius 2 is 2.22 bits per heavy atom. The van der Waals surface area contributed by atoms with Crippen LogP contribution in [0.4, 0.5) is 5.69 Å². The molecule has 0 unspecified atom stereocenters. The number of nitrogens with two attached hydrogens (primary N) is 1. The minimum absolute atomic E-state index is 0.193. The van der Waals surface area contributed by atoms with Crippen LogP contribution < -0.4 is 11.1 Å². The Labute approximate surface area is 105 Å². The summed E-state index contributed by atoms with van der Waals surface area (Å²) in [6.45, 7) is 6.72. The van der Waals surface area contributed by atoms with Crippen LogP contribution in [-0.2, 0) is 6.54 Å². The lowest BCUT2D eigenvalue weighted by Crippen LogP contribution is -2.18. The molecular formula is C12H17N5O. The highest BCUT2D eigenvalue weighted by atomic mass is 16.1. The topological polar surface area (TPSA) is 85.8 Å². The van der Waals surface area contributed by atoms with Gasteiger partial charge in [0.25, 0.3) is 5.91 Å². The van der Waals surface area contributed by atoms with Crippen molar-refractivity contribution in [2.24, 2.45) is 5.73 Å². The van der Waals surface area contributed by atoms with E-state index in [-0.39, 0.29) is 6.04 Å². The van der Waals surface area contributed by atoms with E-state index in [0.29, 0.717) is 11.3 Å². The van der Waals surface area contributed by atoms with Crippen LogP contribution in [-0.4, -0.2) is 26.7 Å². The van der Waals surface area contributed by atoms with Crippen molar-refractivity contribution in [3.63, 3.8) is 0 Å². The zero-order valence-corrected chi connectivity index (χ0v) is 10.8. The minimum Gasteiger partial charge on any atom is -0.382 e. The molecule has 18 heavy (non-hydrogen) atoms. The fourth-order valence-electron chi connectivity index (χ4n) is 1.89. The van der Waals surface area contributed by atoms with E-state index >= 15 is 0 Å². The van der Waals surface area contributed by atoms with E-state index in [1.807, 2.05) is 20.8 Å². The summed E-state index contributed by atoms with van der Waals surface area (Å²) in [5.41, 5.74) is 7.24. The summed E-state index contributed by atoms with van der Waals surface area (Å²) < 4.78 is 1.78. The van der Waals surface area contributed by atoms with Gasteiger partial charge in [-0.05, 0) is 20.8 Å². The summed E-state index contributed by atoms with van der Waals surface area (Å²) in [5, 5.41) is 8.31. The molecule has 0 fully saturated rings. The van der Waals surface area contributed by atoms with Crippen molar-refractivity contribution in [1.29, 1.82) is 0 Å². The number of nitrogens with zero attached hydrogens (tertiary/aromatic N) is 3. The highest BCUT2D eigenvalue weighted by Gasteiger charge is 2.16. The Bertz CT molecular complexity index is 587. The van der Waals surface area contributed by atoms with E-state index < -0.39 is 5.91 Å². The fourth-order valence-corrected chi connectivity index (χ4v) is 1.89. The van der Waals surface area contributed by atoms with Crippen LogP contribution >= 0.6 is 0 Å². The zero-order valence-electron chi connectivity index (χ0n) is 10.8. The molecule has 0 aliphatic rings. The number of anilines is 1. The largest absolute Gasteiger partial charge is 0.382 e. The molecule has 6 nitrogen and oxygen atoms in total. The molecular weight excluding hydrogens is 230 g/mol. The molecule has 96 valence electrons. The highest BCUT2D eigenvalue weighted by Crippen LogP contribution is 2.26. The first-order valence-corrected chi connectivity index (χ1v) is 5.95. The van der Waals surface area contributed by atoms with Crippen LogP contribution in [0.25, 0.3) is 11.0 Å². The molecule has 0 aromatic carbocycles. The summed E-state index contributed by atoms with van der Waals surface area (Å²) in [4.78, 5) is 15.7. The van der Waals surface area contributed by atoms with Gasteiger partial charge in [0, 0.05) is 18.8 Å². The smallest absolute Gasteiger partial charge is 0.252 e. The van der Waals surface area contributed by atoms with Crippen LogP contribution in [0.1, 0.15) is 31.1 Å². The van der Waals surface area contributed by atoms with Crippen molar-refractivity contribution in [2.45, 2.75) is 33.4 Å². The molecule has 0 saturated heterocycles. The second-order valence-electron chi connectivity index (χ2n) is 4.41. The molecule has 2 aromatic heterocycles. The van der Waals surface area contributed by atoms with E-state index in [9.17, 15) is 4.79 Å². The van der Waals surface area contributed by atoms with Gasteiger partial charge in [-0.15, -0.1) is 0 Å². The summed E-state index contributed by atoms with van der Waals surface area (Å²) >= 11 is 0. The third kappa shape index (κ3) is 2.01. The maximum absolute atomic E-state index is 11.4. The van der Waals surface area contributed by atoms with Crippen LogP contribution in [0.15, 0.2) is 12.4 Å². The van der Waals surface area contributed by atoms with Gasteiger partial charge in [-0.2, -0.15) is 5.10 Å². The van der Waals surface area contributed by atoms with Gasteiger partial charge in [-0.1, -0.05) is 0 Å². The molecule has 0 aliphatic heterocycles. The van der Waals surface area contributed by atoms with Crippen molar-refractivity contribution < 1.29 is 4.79 Å². The molecule has 0 atom stereocenters. The Morgan fingerprint density at radius 3 is 2.78 bits per heavy atom. The number of pyridine rings is 1. The van der Waals surface area contributed by atoms with Gasteiger partial charge in [-0.3, -0.25) is 4.79 Å². The van der Waals surface area contributed by atoms with Crippen LogP contribution in [0.2, 0.25) is 0 Å². The van der Waals surface area contributed by atoms with E-state index in [1.54, 1.807) is 10.9 Å². The highest BCUT2D eigenvalue weighted by molar-refractivity contribution is 6.05. The third-order valence-electron chi connectivity index (χ3n) is 2.66. The maximum atomic E-state index is 11.4. The monoisotopic (exact) mass is 247 g/mol. The van der Waals surface area contributed by atoms with E-state index in [1.165, 1.54) is 6.20 Å². The van der Waals surface area contributed by atoms with Gasteiger partial charge in [0.15, 0.2) is 5.65 Å². The zero-order chi connectivity index (χ0) is 13.3. The normalized spacial score (nSPS) is 11.1. The van der Waals surface area contributed by atoms with Crippen LogP contribution in [0.3, 0.4) is 0 Å². The fraction of sp³-hybridized carbons (Fsp3) is 0.417. The van der Waals surface area contributed by atoms with Crippen molar-refractivity contribution in [3.05, 3.63) is 18.0 Å². The van der Waals surface area contributed by atoms with Gasteiger partial charge in [0.2, 0.25) is 0 Å². The van der Waals surface area contributed by atoms with Gasteiger partial charge in [0.05, 0.1) is 22.8 Å². The van der Waals surface area contributed by atoms with Gasteiger partial charge in [-0.25, -0.2) is 9.67 Å². The molecule has 0 radical (unpaired) electrons. The van der Waals surface area contributed by atoms with Crippen molar-refractivity contribution in [2.75, 3.05) is 5.32 Å². The molecule has 6 heteroatoms. The first-order valence-electron chi connectivity index (χ1n) is 5.95. The quantitative estimate of drug-likeness (QED) is 0.854. The number of rotatable bonds is 4. The number of carbonyl (C=O) groups excluding carboxylic acids is 1. The predicted molar refractivity (Wildman–Crippen MR) is 70.5 cm³/mol. The van der Waals surface area contributed by atoms with Gasteiger partial charge in [0.1, 0.15) is 0 Å². The van der Waals surface area contributed by atoms with Crippen molar-refractivity contribution in [3.8, 4) is 0 Å². The number of fused-ring (bicyclic) bond motifs is 1. The number of aryl methyl sites for hydroxylation is 1. The first kappa shape index (κ1) is 12.3. The van der Waals surface area contributed by atoms with E-state index in [2.05, 4.69) is 15.4 Å². The lowest BCUT2D eigenvalue weighted by molar-refractivity contribution is 0.100. The lowest BCUT2D eigenvalue weighted by atomic mass is 10.1. The second-order valence-corrected chi connectivity index (χ2v) is 4.41. The average molecular weight is 247 g/mol. The second kappa shape index (κ2) is 4.64. The molecule has 3 N–H and O–H groups in total. The number of amides is 1. The number of primary amides is 1. The van der Waals surface area contributed by atoms with E-state index in [4.69, 9.17) is 5.73 Å². The number of carbonyl (C=O) groups is 1. The molecule has 0 saturated carbocycles. The van der Waals surface area contributed by atoms with E-state index in [0.717, 1.165) is 17.6 Å². The van der Waals surface area contributed by atoms with Gasteiger partial charge < -0.3 is 11.1 Å². The van der Waals surface area contributed by atoms with Crippen molar-refractivity contribution >= 4 is 22.6 Å². The molecule has 2 rings (SSSR count). The summed E-state index contributed by atoms with van der Waals surface area (Å²) in [6, 6.07) is 0.193. The number of hydrogen-bond acceptors (Lipinski definition) is 4. The Morgan fingerprint density at radius 1 is 1.50 bits per heavy atom. The molecule has 0 aliphatic carbocycles. The maximum Gasteiger partial charge on any atom is 0.252 e. The Hall–Kier alpha value is -2.11. The third-order valence-corrected chi connectivity index (χ3v) is 2.66. The van der Waals surface area contributed by atoms with Crippen LogP contribution in [0, 0.1) is 0 Å².